The lowest BCUT2D eigenvalue weighted by Gasteiger charge is -2.06. The van der Waals surface area contributed by atoms with Crippen LogP contribution in [0.4, 0.5) is 0 Å². The smallest absolute Gasteiger partial charge is 0.231 e. The SMILES string of the molecule is c1ccc(-c2cc(-c3ccccc3)c(-c3ccc4c(c3)OCO4)[nH]2)cc1. The molecule has 0 unspecified atom stereocenters. The van der Waals surface area contributed by atoms with Crippen molar-refractivity contribution in [3.05, 3.63) is 84.9 Å². The molecule has 3 nitrogen and oxygen atoms in total. The van der Waals surface area contributed by atoms with Crippen LogP contribution in [-0.2, 0) is 0 Å². The molecule has 0 saturated heterocycles. The van der Waals surface area contributed by atoms with Crippen LogP contribution in [0, 0.1) is 0 Å². The Morgan fingerprint density at radius 1 is 0.615 bits per heavy atom. The molecule has 2 heterocycles. The van der Waals surface area contributed by atoms with Crippen molar-refractivity contribution in [1.29, 1.82) is 0 Å². The van der Waals surface area contributed by atoms with Gasteiger partial charge in [-0.05, 0) is 35.4 Å². The van der Waals surface area contributed by atoms with Gasteiger partial charge in [-0.15, -0.1) is 0 Å². The summed E-state index contributed by atoms with van der Waals surface area (Å²) >= 11 is 0. The van der Waals surface area contributed by atoms with E-state index in [9.17, 15) is 0 Å². The van der Waals surface area contributed by atoms with E-state index in [1.165, 1.54) is 11.1 Å². The summed E-state index contributed by atoms with van der Waals surface area (Å²) in [6, 6.07) is 29.1. The molecule has 4 aromatic rings. The molecule has 0 bridgehead atoms. The number of fused-ring (bicyclic) bond motifs is 1. The number of aromatic amines is 1. The maximum Gasteiger partial charge on any atom is 0.231 e. The summed E-state index contributed by atoms with van der Waals surface area (Å²) in [6.45, 7) is 0.282. The number of benzene rings is 3. The Bertz CT molecular complexity index is 1050. The van der Waals surface area contributed by atoms with Crippen LogP contribution in [0.15, 0.2) is 84.9 Å². The maximum atomic E-state index is 5.56. The summed E-state index contributed by atoms with van der Waals surface area (Å²) in [4.78, 5) is 3.61. The van der Waals surface area contributed by atoms with Gasteiger partial charge in [-0.25, -0.2) is 0 Å². The zero-order chi connectivity index (χ0) is 17.3. The lowest BCUT2D eigenvalue weighted by atomic mass is 10.0. The van der Waals surface area contributed by atoms with E-state index in [1.54, 1.807) is 0 Å². The number of aromatic nitrogens is 1. The third-order valence-electron chi connectivity index (χ3n) is 4.65. The number of H-pyrrole nitrogens is 1. The molecule has 1 aromatic heterocycles. The standard InChI is InChI=1S/C23H17NO2/c1-3-7-16(8-4-1)19-14-20(17-9-5-2-6-10-17)24-23(19)18-11-12-21-22(13-18)26-15-25-21/h1-14,24H,15H2. The predicted molar refractivity (Wildman–Crippen MR) is 103 cm³/mol. The van der Waals surface area contributed by atoms with E-state index in [0.29, 0.717) is 0 Å². The van der Waals surface area contributed by atoms with Gasteiger partial charge >= 0.3 is 0 Å². The van der Waals surface area contributed by atoms with Crippen LogP contribution in [0.5, 0.6) is 11.5 Å². The van der Waals surface area contributed by atoms with Gasteiger partial charge in [0, 0.05) is 16.8 Å². The number of ether oxygens (including phenoxy) is 2. The van der Waals surface area contributed by atoms with Gasteiger partial charge in [0.05, 0.1) is 5.69 Å². The summed E-state index contributed by atoms with van der Waals surface area (Å²) in [6.07, 6.45) is 0. The highest BCUT2D eigenvalue weighted by Gasteiger charge is 2.18. The molecule has 1 N–H and O–H groups in total. The van der Waals surface area contributed by atoms with Crippen molar-refractivity contribution in [3.63, 3.8) is 0 Å². The molecule has 3 aromatic carbocycles. The largest absolute Gasteiger partial charge is 0.454 e. The highest BCUT2D eigenvalue weighted by Crippen LogP contribution is 2.40. The average molecular weight is 339 g/mol. The minimum Gasteiger partial charge on any atom is -0.454 e. The first-order valence-electron chi connectivity index (χ1n) is 8.62. The Hall–Kier alpha value is -3.46. The number of rotatable bonds is 3. The van der Waals surface area contributed by atoms with Gasteiger partial charge in [0.15, 0.2) is 11.5 Å². The molecule has 0 radical (unpaired) electrons. The van der Waals surface area contributed by atoms with Crippen molar-refractivity contribution in [3.8, 4) is 45.1 Å². The molecular formula is C23H17NO2. The van der Waals surface area contributed by atoms with E-state index in [2.05, 4.69) is 65.6 Å². The molecule has 26 heavy (non-hydrogen) atoms. The molecule has 1 aliphatic heterocycles. The first kappa shape index (κ1) is 14.8. The van der Waals surface area contributed by atoms with Crippen molar-refractivity contribution in [2.45, 2.75) is 0 Å². The van der Waals surface area contributed by atoms with E-state index in [4.69, 9.17) is 9.47 Å². The lowest BCUT2D eigenvalue weighted by molar-refractivity contribution is 0.174. The molecule has 3 heteroatoms. The first-order chi connectivity index (χ1) is 12.9. The zero-order valence-corrected chi connectivity index (χ0v) is 14.1. The molecule has 0 atom stereocenters. The summed E-state index contributed by atoms with van der Waals surface area (Å²) in [5.74, 6) is 1.59. The van der Waals surface area contributed by atoms with Gasteiger partial charge in [-0.1, -0.05) is 60.7 Å². The quantitative estimate of drug-likeness (QED) is 0.516. The Balaban J connectivity index is 1.69. The summed E-state index contributed by atoms with van der Waals surface area (Å²) < 4.78 is 11.0. The third kappa shape index (κ3) is 2.54. The van der Waals surface area contributed by atoms with Crippen LogP contribution < -0.4 is 9.47 Å². The normalized spacial score (nSPS) is 12.3. The molecule has 5 rings (SSSR count). The van der Waals surface area contributed by atoms with Crippen LogP contribution in [0.1, 0.15) is 0 Å². The van der Waals surface area contributed by atoms with Gasteiger partial charge in [0.25, 0.3) is 0 Å². The van der Waals surface area contributed by atoms with Gasteiger partial charge in [-0.2, -0.15) is 0 Å². The fraction of sp³-hybridized carbons (Fsp3) is 0.0435. The minimum absolute atomic E-state index is 0.282. The first-order valence-corrected chi connectivity index (χ1v) is 8.62. The van der Waals surface area contributed by atoms with Crippen LogP contribution in [0.3, 0.4) is 0 Å². The summed E-state index contributed by atoms with van der Waals surface area (Å²) in [7, 11) is 0. The fourth-order valence-electron chi connectivity index (χ4n) is 3.35. The van der Waals surface area contributed by atoms with E-state index in [0.717, 1.165) is 34.0 Å². The zero-order valence-electron chi connectivity index (χ0n) is 14.1. The summed E-state index contributed by atoms with van der Waals surface area (Å²) in [5.41, 5.74) is 6.76. The average Bonchev–Trinajstić information content (AvgIpc) is 3.36. The van der Waals surface area contributed by atoms with Gasteiger partial charge in [-0.3, -0.25) is 0 Å². The van der Waals surface area contributed by atoms with E-state index in [1.807, 2.05) is 24.3 Å². The van der Waals surface area contributed by atoms with Crippen LogP contribution in [0.25, 0.3) is 33.6 Å². The third-order valence-corrected chi connectivity index (χ3v) is 4.65. The number of hydrogen-bond donors (Lipinski definition) is 1. The molecule has 1 aliphatic rings. The van der Waals surface area contributed by atoms with Crippen LogP contribution in [-0.4, -0.2) is 11.8 Å². The second-order valence-electron chi connectivity index (χ2n) is 6.27. The van der Waals surface area contributed by atoms with Gasteiger partial charge in [0.2, 0.25) is 6.79 Å². The molecule has 0 aliphatic carbocycles. The van der Waals surface area contributed by atoms with Gasteiger partial charge < -0.3 is 14.5 Å². The lowest BCUT2D eigenvalue weighted by Crippen LogP contribution is -1.92. The van der Waals surface area contributed by atoms with E-state index >= 15 is 0 Å². The Kier molecular flexibility index (Phi) is 3.49. The van der Waals surface area contributed by atoms with Crippen LogP contribution >= 0.6 is 0 Å². The Labute approximate surface area is 151 Å². The summed E-state index contributed by atoms with van der Waals surface area (Å²) in [5, 5.41) is 0. The maximum absolute atomic E-state index is 5.56. The van der Waals surface area contributed by atoms with Crippen molar-refractivity contribution >= 4 is 0 Å². The molecule has 0 fully saturated rings. The topological polar surface area (TPSA) is 34.2 Å². The molecule has 0 spiro atoms. The molecule has 0 saturated carbocycles. The molecule has 126 valence electrons. The van der Waals surface area contributed by atoms with Crippen molar-refractivity contribution < 1.29 is 9.47 Å². The minimum atomic E-state index is 0.282. The highest BCUT2D eigenvalue weighted by molar-refractivity contribution is 5.86. The van der Waals surface area contributed by atoms with Crippen molar-refractivity contribution in [1.82, 2.24) is 4.98 Å². The second-order valence-corrected chi connectivity index (χ2v) is 6.27. The monoisotopic (exact) mass is 339 g/mol. The molecular weight excluding hydrogens is 322 g/mol. The van der Waals surface area contributed by atoms with Crippen molar-refractivity contribution in [2.24, 2.45) is 0 Å². The Morgan fingerprint density at radius 2 is 1.31 bits per heavy atom. The van der Waals surface area contributed by atoms with E-state index in [-0.39, 0.29) is 6.79 Å². The Morgan fingerprint density at radius 3 is 2.08 bits per heavy atom. The van der Waals surface area contributed by atoms with Crippen LogP contribution in [0.2, 0.25) is 0 Å². The predicted octanol–water partition coefficient (Wildman–Crippen LogP) is 5.74. The highest BCUT2D eigenvalue weighted by atomic mass is 16.7. The van der Waals surface area contributed by atoms with Gasteiger partial charge in [0.1, 0.15) is 0 Å². The van der Waals surface area contributed by atoms with E-state index < -0.39 is 0 Å². The molecule has 0 amide bonds. The number of hydrogen-bond acceptors (Lipinski definition) is 2. The second kappa shape index (κ2) is 6.12. The number of nitrogens with one attached hydrogen (secondary N) is 1. The fourth-order valence-corrected chi connectivity index (χ4v) is 3.35. The van der Waals surface area contributed by atoms with Crippen molar-refractivity contribution in [2.75, 3.05) is 6.79 Å².